The highest BCUT2D eigenvalue weighted by Crippen LogP contribution is 2.24. The van der Waals surface area contributed by atoms with Crippen molar-refractivity contribution in [1.29, 1.82) is 0 Å². The molecule has 1 nitrogen and oxygen atoms in total. The Hall–Kier alpha value is -0.570. The number of nitrogens with zero attached hydrogens (tertiary/aromatic N) is 1. The Balaban J connectivity index is 3.01. The minimum Gasteiger partial charge on any atom is -0.367 e. The highest BCUT2D eigenvalue weighted by molar-refractivity contribution is 9.08. The van der Waals surface area contributed by atoms with E-state index in [-0.39, 0.29) is 5.82 Å². The van der Waals surface area contributed by atoms with Gasteiger partial charge in [0.05, 0.1) is 5.69 Å². The van der Waals surface area contributed by atoms with Crippen LogP contribution in [0.2, 0.25) is 0 Å². The molecular weight excluding hydrogens is 269 g/mol. The molecule has 0 saturated carbocycles. The molecule has 1 rings (SSSR count). The van der Waals surface area contributed by atoms with Crippen LogP contribution in [0.4, 0.5) is 10.1 Å². The van der Waals surface area contributed by atoms with Crippen molar-refractivity contribution in [1.82, 2.24) is 0 Å². The van der Waals surface area contributed by atoms with Gasteiger partial charge in [0.1, 0.15) is 5.82 Å². The summed E-state index contributed by atoms with van der Waals surface area (Å²) >= 11 is 3.33. The van der Waals surface area contributed by atoms with E-state index in [0.717, 1.165) is 18.5 Å². The molecule has 1 unspecified atom stereocenters. The van der Waals surface area contributed by atoms with Crippen LogP contribution in [0.5, 0.6) is 0 Å². The molecule has 1 atom stereocenters. The molecular formula is C13H19BrFN. The second kappa shape index (κ2) is 6.24. The molecule has 0 aliphatic carbocycles. The molecule has 0 fully saturated rings. The molecule has 0 N–H and O–H groups in total. The van der Waals surface area contributed by atoms with Gasteiger partial charge in [-0.25, -0.2) is 4.39 Å². The molecule has 0 radical (unpaired) electrons. The summed E-state index contributed by atoms with van der Waals surface area (Å²) in [6.07, 6.45) is 1.02. The zero-order chi connectivity index (χ0) is 12.1. The third-order valence-electron chi connectivity index (χ3n) is 2.94. The Morgan fingerprint density at radius 2 is 2.06 bits per heavy atom. The first kappa shape index (κ1) is 13.5. The number of alkyl halides is 1. The Labute approximate surface area is 106 Å². The third kappa shape index (κ3) is 2.97. The van der Waals surface area contributed by atoms with E-state index in [2.05, 4.69) is 41.6 Å². The zero-order valence-corrected chi connectivity index (χ0v) is 11.7. The van der Waals surface area contributed by atoms with E-state index in [1.54, 1.807) is 6.07 Å². The van der Waals surface area contributed by atoms with Crippen LogP contribution in [0, 0.1) is 5.82 Å². The van der Waals surface area contributed by atoms with Gasteiger partial charge in [-0.15, -0.1) is 0 Å². The van der Waals surface area contributed by atoms with Crippen molar-refractivity contribution in [2.45, 2.75) is 38.6 Å². The second-order valence-corrected chi connectivity index (χ2v) is 4.52. The maximum absolute atomic E-state index is 13.9. The van der Waals surface area contributed by atoms with Crippen LogP contribution in [-0.4, -0.2) is 12.6 Å². The summed E-state index contributed by atoms with van der Waals surface area (Å²) in [5.41, 5.74) is 1.68. The van der Waals surface area contributed by atoms with Crippen molar-refractivity contribution in [2.24, 2.45) is 0 Å². The zero-order valence-electron chi connectivity index (χ0n) is 10.1. The Morgan fingerprint density at radius 3 is 2.50 bits per heavy atom. The van der Waals surface area contributed by atoms with E-state index in [4.69, 9.17) is 0 Å². The van der Waals surface area contributed by atoms with E-state index >= 15 is 0 Å². The SMILES string of the molecule is CCC(C)N(CC)c1ccc(CBr)cc1F. The molecule has 0 saturated heterocycles. The van der Waals surface area contributed by atoms with Gasteiger partial charge in [-0.1, -0.05) is 28.9 Å². The van der Waals surface area contributed by atoms with Crippen LogP contribution >= 0.6 is 15.9 Å². The molecule has 3 heteroatoms. The van der Waals surface area contributed by atoms with Crippen molar-refractivity contribution in [3.63, 3.8) is 0 Å². The maximum Gasteiger partial charge on any atom is 0.146 e. The van der Waals surface area contributed by atoms with Gasteiger partial charge in [-0.2, -0.15) is 0 Å². The summed E-state index contributed by atoms with van der Waals surface area (Å²) in [5.74, 6) is -0.126. The summed E-state index contributed by atoms with van der Waals surface area (Å²) in [6.45, 7) is 7.14. The largest absolute Gasteiger partial charge is 0.367 e. The lowest BCUT2D eigenvalue weighted by atomic mass is 10.1. The van der Waals surface area contributed by atoms with Gasteiger partial charge in [-0.3, -0.25) is 0 Å². The van der Waals surface area contributed by atoms with Gasteiger partial charge in [0, 0.05) is 17.9 Å². The van der Waals surface area contributed by atoms with Gasteiger partial charge in [0.15, 0.2) is 0 Å². The standard InChI is InChI=1S/C13H19BrFN/c1-4-10(3)16(5-2)13-7-6-11(9-14)8-12(13)15/h6-8,10H,4-5,9H2,1-3H3. The first-order chi connectivity index (χ1) is 7.63. The van der Waals surface area contributed by atoms with Crippen LogP contribution in [0.15, 0.2) is 18.2 Å². The monoisotopic (exact) mass is 287 g/mol. The van der Waals surface area contributed by atoms with E-state index in [1.807, 2.05) is 12.1 Å². The number of halogens is 2. The third-order valence-corrected chi connectivity index (χ3v) is 3.59. The van der Waals surface area contributed by atoms with Gasteiger partial charge in [0.2, 0.25) is 0 Å². The molecule has 0 spiro atoms. The molecule has 90 valence electrons. The Bertz CT molecular complexity index is 341. The van der Waals surface area contributed by atoms with E-state index in [0.29, 0.717) is 17.1 Å². The predicted molar refractivity (Wildman–Crippen MR) is 71.8 cm³/mol. The van der Waals surface area contributed by atoms with Crippen LogP contribution in [0.3, 0.4) is 0 Å². The molecule has 1 aromatic rings. The lowest BCUT2D eigenvalue weighted by Crippen LogP contribution is -2.32. The summed E-state index contributed by atoms with van der Waals surface area (Å²) < 4.78 is 13.9. The van der Waals surface area contributed by atoms with Gasteiger partial charge < -0.3 is 4.90 Å². The summed E-state index contributed by atoms with van der Waals surface area (Å²) in [4.78, 5) is 2.10. The van der Waals surface area contributed by atoms with Gasteiger partial charge >= 0.3 is 0 Å². The maximum atomic E-state index is 13.9. The number of benzene rings is 1. The smallest absolute Gasteiger partial charge is 0.146 e. The van der Waals surface area contributed by atoms with Crippen LogP contribution in [0.25, 0.3) is 0 Å². The fourth-order valence-corrected chi connectivity index (χ4v) is 2.16. The van der Waals surface area contributed by atoms with Crippen molar-refractivity contribution < 1.29 is 4.39 Å². The summed E-state index contributed by atoms with van der Waals surface area (Å²) in [7, 11) is 0. The topological polar surface area (TPSA) is 3.24 Å². The quantitative estimate of drug-likeness (QED) is 0.728. The normalized spacial score (nSPS) is 12.6. The number of hydrogen-bond acceptors (Lipinski definition) is 1. The average molecular weight is 288 g/mol. The second-order valence-electron chi connectivity index (χ2n) is 3.96. The van der Waals surface area contributed by atoms with Crippen molar-refractivity contribution in [2.75, 3.05) is 11.4 Å². The molecule has 0 aliphatic rings. The van der Waals surface area contributed by atoms with Crippen molar-refractivity contribution >= 4 is 21.6 Å². The fourth-order valence-electron chi connectivity index (χ4n) is 1.81. The van der Waals surface area contributed by atoms with E-state index in [9.17, 15) is 4.39 Å². The molecule has 0 aliphatic heterocycles. The molecule has 0 heterocycles. The Kier molecular flexibility index (Phi) is 5.26. The predicted octanol–water partition coefficient (Wildman–Crippen LogP) is 4.35. The Morgan fingerprint density at radius 1 is 1.38 bits per heavy atom. The first-order valence-electron chi connectivity index (χ1n) is 5.75. The lowest BCUT2D eigenvalue weighted by Gasteiger charge is -2.30. The molecule has 16 heavy (non-hydrogen) atoms. The van der Waals surface area contributed by atoms with E-state index in [1.165, 1.54) is 0 Å². The van der Waals surface area contributed by atoms with Crippen LogP contribution in [0.1, 0.15) is 32.8 Å². The van der Waals surface area contributed by atoms with Crippen LogP contribution < -0.4 is 4.90 Å². The fraction of sp³-hybridized carbons (Fsp3) is 0.538. The first-order valence-corrected chi connectivity index (χ1v) is 6.87. The lowest BCUT2D eigenvalue weighted by molar-refractivity contribution is 0.583. The number of rotatable bonds is 5. The summed E-state index contributed by atoms with van der Waals surface area (Å²) in [5, 5.41) is 0.694. The minimum atomic E-state index is -0.126. The molecule has 0 amide bonds. The minimum absolute atomic E-state index is 0.126. The molecule has 0 aromatic heterocycles. The van der Waals surface area contributed by atoms with Crippen LogP contribution in [-0.2, 0) is 5.33 Å². The van der Waals surface area contributed by atoms with E-state index < -0.39 is 0 Å². The van der Waals surface area contributed by atoms with Gasteiger partial charge in [-0.05, 0) is 38.0 Å². The highest BCUT2D eigenvalue weighted by Gasteiger charge is 2.14. The molecule has 0 bridgehead atoms. The number of hydrogen-bond donors (Lipinski definition) is 0. The van der Waals surface area contributed by atoms with Gasteiger partial charge in [0.25, 0.3) is 0 Å². The number of anilines is 1. The van der Waals surface area contributed by atoms with Crippen molar-refractivity contribution in [3.8, 4) is 0 Å². The average Bonchev–Trinajstić information content (AvgIpc) is 2.31. The summed E-state index contributed by atoms with van der Waals surface area (Å²) in [6, 6.07) is 5.82. The molecule has 1 aromatic carbocycles. The van der Waals surface area contributed by atoms with Crippen molar-refractivity contribution in [3.05, 3.63) is 29.6 Å². The highest BCUT2D eigenvalue weighted by atomic mass is 79.9.